The zero-order chi connectivity index (χ0) is 24.6. The number of allylic oxidation sites excluding steroid dienone is 1. The Morgan fingerprint density at radius 2 is 1.30 bits per heavy atom. The van der Waals surface area contributed by atoms with Crippen molar-refractivity contribution in [3.8, 4) is 5.75 Å². The first-order valence-corrected chi connectivity index (χ1v) is 10.1. The van der Waals surface area contributed by atoms with Gasteiger partial charge in [0.2, 0.25) is 0 Å². The average Bonchev–Trinajstić information content (AvgIpc) is 2.65. The second kappa shape index (κ2) is 9.30. The Bertz CT molecular complexity index is 989. The third-order valence-electron chi connectivity index (χ3n) is 5.58. The summed E-state index contributed by atoms with van der Waals surface area (Å²) in [4.78, 5) is 0. The fraction of sp³-hybridized carbons (Fsp3) is 0.391. The van der Waals surface area contributed by atoms with Gasteiger partial charge in [-0.25, -0.2) is 17.6 Å². The van der Waals surface area contributed by atoms with E-state index < -0.39 is 58.5 Å². The molecule has 0 bridgehead atoms. The van der Waals surface area contributed by atoms with E-state index in [2.05, 4.69) is 4.74 Å². The van der Waals surface area contributed by atoms with Gasteiger partial charge in [-0.2, -0.15) is 22.0 Å². The highest BCUT2D eigenvalue weighted by atomic mass is 19.4. The average molecular weight is 482 g/mol. The molecule has 2 aromatic rings. The van der Waals surface area contributed by atoms with E-state index in [-0.39, 0.29) is 29.7 Å². The zero-order valence-electron chi connectivity index (χ0n) is 17.3. The highest BCUT2D eigenvalue weighted by Gasteiger charge is 2.42. The van der Waals surface area contributed by atoms with E-state index in [0.717, 1.165) is 25.0 Å². The monoisotopic (exact) mass is 482 g/mol. The van der Waals surface area contributed by atoms with Gasteiger partial charge in [0.15, 0.2) is 0 Å². The van der Waals surface area contributed by atoms with Crippen molar-refractivity contribution in [2.24, 2.45) is 5.92 Å². The van der Waals surface area contributed by atoms with E-state index >= 15 is 0 Å². The van der Waals surface area contributed by atoms with Gasteiger partial charge in [0.1, 0.15) is 34.6 Å². The molecule has 1 fully saturated rings. The summed E-state index contributed by atoms with van der Waals surface area (Å²) >= 11 is 0. The van der Waals surface area contributed by atoms with Crippen molar-refractivity contribution in [2.75, 3.05) is 0 Å². The molecule has 0 heterocycles. The van der Waals surface area contributed by atoms with E-state index in [0.29, 0.717) is 18.8 Å². The van der Waals surface area contributed by atoms with E-state index in [1.54, 1.807) is 0 Å². The largest absolute Gasteiger partial charge is 0.432 e. The molecular formula is C23H19F9O. The van der Waals surface area contributed by atoms with Crippen LogP contribution < -0.4 is 4.74 Å². The van der Waals surface area contributed by atoms with E-state index in [9.17, 15) is 39.5 Å². The summed E-state index contributed by atoms with van der Waals surface area (Å²) in [5, 5.41) is 0. The molecule has 3 rings (SSSR count). The van der Waals surface area contributed by atoms with Crippen LogP contribution in [0.25, 0.3) is 6.08 Å². The van der Waals surface area contributed by atoms with Crippen LogP contribution in [0.1, 0.15) is 55.2 Å². The van der Waals surface area contributed by atoms with Crippen LogP contribution in [0, 0.1) is 29.2 Å². The molecule has 10 heteroatoms. The number of alkyl halides is 5. The lowest BCUT2D eigenvalue weighted by molar-refractivity contribution is -0.189. The Kier molecular flexibility index (Phi) is 7.04. The van der Waals surface area contributed by atoms with Crippen LogP contribution in [0.2, 0.25) is 0 Å². The molecule has 0 aliphatic heterocycles. The molecule has 2 aromatic carbocycles. The molecule has 0 N–H and O–H groups in total. The number of hydrogen-bond donors (Lipinski definition) is 0. The van der Waals surface area contributed by atoms with Crippen LogP contribution in [0.15, 0.2) is 30.3 Å². The lowest BCUT2D eigenvalue weighted by atomic mass is 9.79. The van der Waals surface area contributed by atoms with Gasteiger partial charge < -0.3 is 4.74 Å². The first kappa shape index (κ1) is 25.0. The molecule has 0 saturated heterocycles. The van der Waals surface area contributed by atoms with Crippen molar-refractivity contribution in [3.05, 3.63) is 70.3 Å². The molecule has 0 aromatic heterocycles. The first-order chi connectivity index (χ1) is 15.3. The van der Waals surface area contributed by atoms with Crippen molar-refractivity contribution in [1.82, 2.24) is 0 Å². The van der Waals surface area contributed by atoms with Gasteiger partial charge in [0.25, 0.3) is 0 Å². The molecule has 0 amide bonds. The second-order valence-corrected chi connectivity index (χ2v) is 8.11. The van der Waals surface area contributed by atoms with Crippen molar-refractivity contribution in [1.29, 1.82) is 0 Å². The molecule has 1 aliphatic carbocycles. The number of halogens is 9. The number of rotatable bonds is 5. The topological polar surface area (TPSA) is 9.23 Å². The summed E-state index contributed by atoms with van der Waals surface area (Å²) in [5.74, 6) is -7.33. The normalized spacial score (nSPS) is 19.8. The zero-order valence-corrected chi connectivity index (χ0v) is 17.3. The van der Waals surface area contributed by atoms with Crippen LogP contribution in [-0.2, 0) is 6.11 Å². The van der Waals surface area contributed by atoms with Crippen LogP contribution in [0.3, 0.4) is 0 Å². The lowest BCUT2D eigenvalue weighted by Gasteiger charge is -2.27. The fourth-order valence-corrected chi connectivity index (χ4v) is 3.86. The Morgan fingerprint density at radius 1 is 0.788 bits per heavy atom. The maximum Gasteiger partial charge on any atom is 0.432 e. The van der Waals surface area contributed by atoms with Crippen LogP contribution >= 0.6 is 0 Å². The molecule has 0 unspecified atom stereocenters. The molecule has 0 spiro atoms. The van der Waals surface area contributed by atoms with E-state index in [4.69, 9.17) is 0 Å². The number of ether oxygens (including phenoxy) is 1. The minimum Gasteiger partial charge on any atom is -0.429 e. The highest BCUT2D eigenvalue weighted by molar-refractivity contribution is 5.53. The highest BCUT2D eigenvalue weighted by Crippen LogP contribution is 2.40. The maximum atomic E-state index is 14.5. The van der Waals surface area contributed by atoms with Gasteiger partial charge in [-0.3, -0.25) is 0 Å². The molecule has 33 heavy (non-hydrogen) atoms. The van der Waals surface area contributed by atoms with Gasteiger partial charge in [0.05, 0.1) is 0 Å². The third-order valence-corrected chi connectivity index (χ3v) is 5.58. The lowest BCUT2D eigenvalue weighted by Crippen LogP contribution is -2.26. The molecule has 180 valence electrons. The van der Waals surface area contributed by atoms with Gasteiger partial charge in [-0.1, -0.05) is 19.8 Å². The Labute approximate surface area is 183 Å². The second-order valence-electron chi connectivity index (χ2n) is 8.11. The molecule has 0 radical (unpaired) electrons. The maximum absolute atomic E-state index is 14.5. The summed E-state index contributed by atoms with van der Waals surface area (Å²) in [6, 6.07) is 1.98. The van der Waals surface area contributed by atoms with Gasteiger partial charge in [-0.15, -0.1) is 0 Å². The Morgan fingerprint density at radius 3 is 1.79 bits per heavy atom. The van der Waals surface area contributed by atoms with Crippen molar-refractivity contribution < 1.29 is 44.3 Å². The quantitative estimate of drug-likeness (QED) is 0.390. The minimum atomic E-state index is -4.86. The third kappa shape index (κ3) is 6.03. The smallest absolute Gasteiger partial charge is 0.429 e. The summed E-state index contributed by atoms with van der Waals surface area (Å²) in [5.41, 5.74) is -2.65. The molecule has 1 saturated carbocycles. The standard InChI is InChI=1S/C23H19F9O/c1-12-2-4-13(5-3-12)14-8-19(26)21(20(27)9-14)23(31,32)33-15-10-17(24)16(18(25)11-15)6-7-22(28,29)30/h6-13H,2-5H2,1H3/b7-6+. The van der Waals surface area contributed by atoms with Crippen molar-refractivity contribution in [3.63, 3.8) is 0 Å². The van der Waals surface area contributed by atoms with Crippen molar-refractivity contribution >= 4 is 6.08 Å². The molecule has 1 aliphatic rings. The fourth-order valence-electron chi connectivity index (χ4n) is 3.86. The molecule has 1 nitrogen and oxygen atoms in total. The minimum absolute atomic E-state index is 0.0800. The van der Waals surface area contributed by atoms with Crippen LogP contribution in [-0.4, -0.2) is 6.18 Å². The first-order valence-electron chi connectivity index (χ1n) is 10.1. The Balaban J connectivity index is 1.86. The molecule has 0 atom stereocenters. The van der Waals surface area contributed by atoms with Gasteiger partial charge >= 0.3 is 12.3 Å². The summed E-state index contributed by atoms with van der Waals surface area (Å²) in [6.07, 6.45) is -6.91. The summed E-state index contributed by atoms with van der Waals surface area (Å²) in [7, 11) is 0. The van der Waals surface area contributed by atoms with E-state index in [1.165, 1.54) is 0 Å². The number of benzene rings is 2. The predicted octanol–water partition coefficient (Wildman–Crippen LogP) is 8.24. The molecular weight excluding hydrogens is 463 g/mol. The summed E-state index contributed by atoms with van der Waals surface area (Å²) in [6.45, 7) is 2.04. The van der Waals surface area contributed by atoms with Crippen molar-refractivity contribution in [2.45, 2.75) is 50.8 Å². The van der Waals surface area contributed by atoms with Crippen LogP contribution in [0.5, 0.6) is 5.75 Å². The SMILES string of the molecule is CC1CCC(c2cc(F)c(C(F)(F)Oc3cc(F)c(/C=C/C(F)(F)F)c(F)c3)c(F)c2)CC1. The van der Waals surface area contributed by atoms with E-state index in [1.807, 2.05) is 6.92 Å². The number of hydrogen-bond acceptors (Lipinski definition) is 1. The van der Waals surface area contributed by atoms with Crippen LogP contribution in [0.4, 0.5) is 39.5 Å². The Hall–Kier alpha value is -2.65. The predicted molar refractivity (Wildman–Crippen MR) is 103 cm³/mol. The van der Waals surface area contributed by atoms with Gasteiger partial charge in [-0.05, 0) is 48.4 Å². The van der Waals surface area contributed by atoms with Gasteiger partial charge in [0, 0.05) is 23.8 Å². The summed E-state index contributed by atoms with van der Waals surface area (Å²) < 4.78 is 127.